The second kappa shape index (κ2) is 28.3. The van der Waals surface area contributed by atoms with Gasteiger partial charge in [-0.2, -0.15) is 27.0 Å². The molecule has 15 nitrogen and oxygen atoms in total. The minimum Gasteiger partial charge on any atom is -0.469 e. The van der Waals surface area contributed by atoms with E-state index >= 15 is 0 Å². The molecule has 0 spiro atoms. The lowest BCUT2D eigenvalue weighted by Crippen LogP contribution is -2.34. The molecule has 0 aliphatic carbocycles. The van der Waals surface area contributed by atoms with Crippen LogP contribution in [0.25, 0.3) is 20.2 Å². The zero-order chi connectivity index (χ0) is 47.8. The molecule has 0 aliphatic rings. The first kappa shape index (κ1) is 61.1. The number of hydrogen-bond donors (Lipinski definition) is 0. The molecule has 0 bridgehead atoms. The average molecular weight is 1050 g/mol. The molecule has 0 unspecified atom stereocenters. The Balaban J connectivity index is 0.00000106. The monoisotopic (exact) mass is 1050 g/mol. The maximum Gasteiger partial charge on any atom is 0.414 e. The third kappa shape index (κ3) is 20.2. The second-order valence-electron chi connectivity index (χ2n) is 16.1. The van der Waals surface area contributed by atoms with Crippen molar-refractivity contribution in [2.45, 2.75) is 92.8 Å². The summed E-state index contributed by atoms with van der Waals surface area (Å²) >= 11 is 6.13. The van der Waals surface area contributed by atoms with Gasteiger partial charge in [-0.3, -0.25) is 28.9 Å². The normalized spacial score (nSPS) is 11.7. The van der Waals surface area contributed by atoms with Crippen molar-refractivity contribution in [3.8, 4) is 11.5 Å². The number of ether oxygens (including phenoxy) is 8. The van der Waals surface area contributed by atoms with Gasteiger partial charge in [0.25, 0.3) is 0 Å². The fourth-order valence-electron chi connectivity index (χ4n) is 5.27. The van der Waals surface area contributed by atoms with Crippen molar-refractivity contribution in [3.05, 3.63) is 50.6 Å². The molecule has 4 rings (SSSR count). The Morgan fingerprint density at radius 3 is 1.45 bits per heavy atom. The van der Waals surface area contributed by atoms with Gasteiger partial charge in [0.2, 0.25) is 0 Å². The SMILES string of the molecule is CCC(=O)OC(C)(C)C.COCOc1cc2cc(C(=O)C[C@H](C)C(=O)OC)sc2cc1Br.COCOc1cc2cc(C(=O)C[C@H](C)C(=O)OC)sc2cc1N(C)C(=O)OC(C)(C)C.S.S. The van der Waals surface area contributed by atoms with Crippen LogP contribution in [0, 0.1) is 11.8 Å². The molecule has 0 radical (unpaired) electrons. The highest BCUT2D eigenvalue weighted by molar-refractivity contribution is 9.10. The van der Waals surface area contributed by atoms with Crippen molar-refractivity contribution >= 4 is 127 Å². The Hall–Kier alpha value is -3.92. The molecule has 65 heavy (non-hydrogen) atoms. The number of nitrogens with zero attached hydrogens (tertiary/aromatic N) is 1. The summed E-state index contributed by atoms with van der Waals surface area (Å²) in [6, 6.07) is 10.9. The summed E-state index contributed by atoms with van der Waals surface area (Å²) < 4.78 is 43.3. The maximum absolute atomic E-state index is 12.7. The van der Waals surface area contributed by atoms with Gasteiger partial charge in [0.1, 0.15) is 22.7 Å². The van der Waals surface area contributed by atoms with Crippen LogP contribution in [0.4, 0.5) is 10.5 Å². The van der Waals surface area contributed by atoms with Crippen LogP contribution in [-0.4, -0.2) is 95.8 Å². The molecule has 20 heteroatoms. The van der Waals surface area contributed by atoms with Gasteiger partial charge in [-0.25, -0.2) is 4.79 Å². The van der Waals surface area contributed by atoms with Gasteiger partial charge in [0, 0.05) is 49.9 Å². The number of amides is 1. The summed E-state index contributed by atoms with van der Waals surface area (Å²) in [4.78, 5) is 73.7. The molecule has 2 heterocycles. The number of benzene rings is 2. The van der Waals surface area contributed by atoms with E-state index < -0.39 is 29.5 Å². The lowest BCUT2D eigenvalue weighted by atomic mass is 10.0. The smallest absolute Gasteiger partial charge is 0.414 e. The molecule has 0 N–H and O–H groups in total. The first-order chi connectivity index (χ1) is 29.4. The molecule has 0 saturated carbocycles. The fraction of sp³-hybridized carbons (Fsp3) is 0.511. The van der Waals surface area contributed by atoms with Crippen molar-refractivity contribution in [1.82, 2.24) is 0 Å². The van der Waals surface area contributed by atoms with Gasteiger partial charge in [-0.15, -0.1) is 22.7 Å². The van der Waals surface area contributed by atoms with E-state index in [0.29, 0.717) is 33.4 Å². The van der Waals surface area contributed by atoms with Crippen LogP contribution in [0.1, 0.15) is 101 Å². The maximum atomic E-state index is 12.7. The number of anilines is 1. The number of carbonyl (C=O) groups is 6. The van der Waals surface area contributed by atoms with Crippen molar-refractivity contribution in [1.29, 1.82) is 0 Å². The van der Waals surface area contributed by atoms with E-state index in [1.54, 1.807) is 73.9 Å². The number of Topliss-reactive ketones (excluding diaryl/α,β-unsaturated/α-hetero) is 2. The molecular formula is C45H64BrNO14S4. The number of methoxy groups -OCH3 is 4. The number of carbonyl (C=O) groups excluding carboxylic acids is 6. The number of esters is 3. The summed E-state index contributed by atoms with van der Waals surface area (Å²) in [6.45, 7) is 16.2. The largest absolute Gasteiger partial charge is 0.469 e. The van der Waals surface area contributed by atoms with Crippen LogP contribution < -0.4 is 14.4 Å². The number of hydrogen-bond acceptors (Lipinski definition) is 16. The van der Waals surface area contributed by atoms with E-state index in [-0.39, 0.29) is 82.5 Å². The van der Waals surface area contributed by atoms with Crippen LogP contribution in [0.15, 0.2) is 40.9 Å². The summed E-state index contributed by atoms with van der Waals surface area (Å²) in [5, 5.41) is 1.70. The predicted octanol–water partition coefficient (Wildman–Crippen LogP) is 10.6. The first-order valence-electron chi connectivity index (χ1n) is 19.8. The zero-order valence-electron chi connectivity index (χ0n) is 39.5. The van der Waals surface area contributed by atoms with Gasteiger partial charge in [-0.05, 0) is 105 Å². The third-order valence-corrected chi connectivity index (χ3v) is 11.2. The van der Waals surface area contributed by atoms with Crippen molar-refractivity contribution in [3.63, 3.8) is 0 Å². The lowest BCUT2D eigenvalue weighted by molar-refractivity contribution is -0.154. The Kier molecular flexibility index (Phi) is 26.6. The molecule has 2 aromatic heterocycles. The van der Waals surface area contributed by atoms with Crippen LogP contribution in [0.2, 0.25) is 0 Å². The van der Waals surface area contributed by atoms with Crippen molar-refractivity contribution in [2.75, 3.05) is 54.0 Å². The molecule has 2 atom stereocenters. The molecule has 364 valence electrons. The van der Waals surface area contributed by atoms with Gasteiger partial charge >= 0.3 is 24.0 Å². The first-order valence-corrected chi connectivity index (χ1v) is 22.3. The minimum atomic E-state index is -0.651. The van der Waals surface area contributed by atoms with Gasteiger partial charge < -0.3 is 37.9 Å². The topological polar surface area (TPSA) is 180 Å². The van der Waals surface area contributed by atoms with E-state index in [4.69, 9.17) is 33.2 Å². The molecular weight excluding hydrogens is 987 g/mol. The summed E-state index contributed by atoms with van der Waals surface area (Å²) in [5.41, 5.74) is -0.489. The molecule has 0 saturated heterocycles. The van der Waals surface area contributed by atoms with Crippen LogP contribution in [0.3, 0.4) is 0 Å². The number of ketones is 2. The highest BCUT2D eigenvalue weighted by Gasteiger charge is 2.26. The molecule has 1 amide bonds. The highest BCUT2D eigenvalue weighted by atomic mass is 79.9. The Morgan fingerprint density at radius 1 is 0.646 bits per heavy atom. The average Bonchev–Trinajstić information content (AvgIpc) is 3.83. The van der Waals surface area contributed by atoms with E-state index in [9.17, 15) is 28.8 Å². The number of fused-ring (bicyclic) bond motifs is 2. The quantitative estimate of drug-likeness (QED) is 0.0448. The van der Waals surface area contributed by atoms with Crippen LogP contribution in [-0.2, 0) is 42.8 Å². The van der Waals surface area contributed by atoms with Gasteiger partial charge in [-0.1, -0.05) is 20.8 Å². The lowest BCUT2D eigenvalue weighted by Gasteiger charge is -2.26. The van der Waals surface area contributed by atoms with E-state index in [1.165, 1.54) is 48.9 Å². The van der Waals surface area contributed by atoms with Gasteiger partial charge in [0.15, 0.2) is 25.2 Å². The van der Waals surface area contributed by atoms with Gasteiger partial charge in [0.05, 0.1) is 46.0 Å². The molecule has 0 aliphatic heterocycles. The summed E-state index contributed by atoms with van der Waals surface area (Å²) in [5.74, 6) is -1.07. The highest BCUT2D eigenvalue weighted by Crippen LogP contribution is 2.39. The van der Waals surface area contributed by atoms with E-state index in [0.717, 1.165) is 24.6 Å². The Morgan fingerprint density at radius 2 is 1.06 bits per heavy atom. The zero-order valence-corrected chi connectivity index (χ0v) is 44.7. The Labute approximate surface area is 412 Å². The molecule has 0 fully saturated rings. The summed E-state index contributed by atoms with van der Waals surface area (Å²) in [6.07, 6.45) is 0.108. The standard InChI is InChI=1S/C22H29NO7S.C16H17BrO5S.C7H14O2.2H2S/c1-13(20(25)28-7)8-16(24)19-10-14-9-17(29-12-27-6)15(11-18(14)31-19)23(5)21(26)30-22(2,3)4;1-9(16(19)21-3)4-12(18)15-6-10-5-13(22-8-20-2)11(17)7-14(10)23-15;1-5-6(8)9-7(2,3)4;;/h9-11,13H,8,12H2,1-7H3;5-7,9H,4,8H2,1-3H3;5H2,1-4H3;2*1H2/t13-;9-;;;/m00.../s1. The molecule has 4 aromatic rings. The van der Waals surface area contributed by atoms with Crippen LogP contribution in [0.5, 0.6) is 11.5 Å². The van der Waals surface area contributed by atoms with E-state index in [1.807, 2.05) is 39.0 Å². The van der Waals surface area contributed by atoms with Crippen molar-refractivity contribution in [2.24, 2.45) is 11.8 Å². The third-order valence-electron chi connectivity index (χ3n) is 8.31. The van der Waals surface area contributed by atoms with Crippen molar-refractivity contribution < 1.29 is 66.7 Å². The number of thiophene rings is 2. The molecule has 2 aromatic carbocycles. The second-order valence-corrected chi connectivity index (χ2v) is 19.1. The van der Waals surface area contributed by atoms with E-state index in [2.05, 4.69) is 20.7 Å². The number of rotatable bonds is 16. The fourth-order valence-corrected chi connectivity index (χ4v) is 7.94. The number of halogens is 1. The predicted molar refractivity (Wildman–Crippen MR) is 268 cm³/mol. The minimum absolute atomic E-state index is 0. The Bertz CT molecular complexity index is 2210. The summed E-state index contributed by atoms with van der Waals surface area (Å²) in [7, 11) is 7.26. The van der Waals surface area contributed by atoms with Crippen LogP contribution >= 0.6 is 65.6 Å².